The summed E-state index contributed by atoms with van der Waals surface area (Å²) in [6.45, 7) is 1.39. The summed E-state index contributed by atoms with van der Waals surface area (Å²) in [5.74, 6) is -0.959. The number of methoxy groups -OCH3 is 1. The molecule has 0 saturated carbocycles. The molecular weight excluding hydrogens is 313 g/mol. The van der Waals surface area contributed by atoms with Crippen LogP contribution in [0.1, 0.15) is 24.8 Å². The Morgan fingerprint density at radius 2 is 2.29 bits per heavy atom. The highest BCUT2D eigenvalue weighted by molar-refractivity contribution is 5.92. The Kier molecular flexibility index (Phi) is 6.93. The van der Waals surface area contributed by atoms with Gasteiger partial charge in [-0.15, -0.1) is 0 Å². The molecule has 1 amide bonds. The number of carbonyl (C=O) groups is 2. The smallest absolute Gasteiger partial charge is 0.307 e. The van der Waals surface area contributed by atoms with Crippen LogP contribution in [0.25, 0.3) is 6.08 Å². The first-order valence-corrected chi connectivity index (χ1v) is 7.99. The molecule has 130 valence electrons. The lowest BCUT2D eigenvalue weighted by Crippen LogP contribution is -2.37. The number of esters is 1. The lowest BCUT2D eigenvalue weighted by molar-refractivity contribution is -0.141. The van der Waals surface area contributed by atoms with Crippen molar-refractivity contribution in [2.24, 2.45) is 0 Å². The summed E-state index contributed by atoms with van der Waals surface area (Å²) in [6.07, 6.45) is 4.95. The molecule has 1 heterocycles. The monoisotopic (exact) mass is 335 g/mol. The molecule has 2 rings (SSSR count). The van der Waals surface area contributed by atoms with Gasteiger partial charge in [0, 0.05) is 25.8 Å². The van der Waals surface area contributed by atoms with Crippen molar-refractivity contribution in [3.63, 3.8) is 0 Å². The lowest BCUT2D eigenvalue weighted by Gasteiger charge is -2.24. The van der Waals surface area contributed by atoms with E-state index in [0.717, 1.165) is 12.8 Å². The second kappa shape index (κ2) is 9.17. The van der Waals surface area contributed by atoms with Gasteiger partial charge in [0.15, 0.2) is 0 Å². The maximum Gasteiger partial charge on any atom is 0.307 e. The third-order valence-electron chi connectivity index (χ3n) is 3.84. The molecule has 1 atom stereocenters. The Labute approximate surface area is 141 Å². The molecule has 6 heteroatoms. The van der Waals surface area contributed by atoms with Crippen LogP contribution in [-0.2, 0) is 19.1 Å². The molecule has 0 N–H and O–H groups in total. The largest absolute Gasteiger partial charge is 0.469 e. The normalized spacial score (nSPS) is 17.2. The predicted octanol–water partition coefficient (Wildman–Crippen LogP) is 2.41. The number of rotatable bonds is 7. The minimum Gasteiger partial charge on any atom is -0.469 e. The maximum atomic E-state index is 13.2. The van der Waals surface area contributed by atoms with Gasteiger partial charge in [0.2, 0.25) is 5.91 Å². The van der Waals surface area contributed by atoms with Gasteiger partial charge in [-0.25, -0.2) is 4.39 Å². The molecule has 0 aliphatic carbocycles. The molecule has 1 aliphatic heterocycles. The minimum atomic E-state index is -0.366. The summed E-state index contributed by atoms with van der Waals surface area (Å²) in [6, 6.07) is 5.99. The van der Waals surface area contributed by atoms with Crippen molar-refractivity contribution in [1.82, 2.24) is 4.90 Å². The molecule has 5 nitrogen and oxygen atoms in total. The number of hydrogen-bond donors (Lipinski definition) is 0. The van der Waals surface area contributed by atoms with Gasteiger partial charge in [-0.2, -0.15) is 0 Å². The quantitative estimate of drug-likeness (QED) is 0.567. The van der Waals surface area contributed by atoms with Crippen molar-refractivity contribution in [2.45, 2.75) is 25.4 Å². The molecule has 0 bridgehead atoms. The van der Waals surface area contributed by atoms with Gasteiger partial charge >= 0.3 is 5.97 Å². The molecule has 0 aromatic heterocycles. The van der Waals surface area contributed by atoms with E-state index in [9.17, 15) is 14.0 Å². The van der Waals surface area contributed by atoms with E-state index in [1.54, 1.807) is 23.1 Å². The van der Waals surface area contributed by atoms with E-state index >= 15 is 0 Å². The number of benzene rings is 1. The summed E-state index contributed by atoms with van der Waals surface area (Å²) in [7, 11) is 1.32. The van der Waals surface area contributed by atoms with Crippen LogP contribution in [0.15, 0.2) is 30.3 Å². The highest BCUT2D eigenvalue weighted by Gasteiger charge is 2.22. The number of halogens is 1. The van der Waals surface area contributed by atoms with Gasteiger partial charge in [-0.05, 0) is 36.6 Å². The average molecular weight is 335 g/mol. The molecule has 1 aromatic carbocycles. The first-order valence-electron chi connectivity index (χ1n) is 7.99. The Bertz CT molecular complexity index is 596. The molecule has 0 radical (unpaired) electrons. The van der Waals surface area contributed by atoms with Crippen LogP contribution in [-0.4, -0.2) is 49.7 Å². The zero-order valence-electron chi connectivity index (χ0n) is 13.7. The number of carbonyl (C=O) groups excluding carboxylic acids is 2. The third kappa shape index (κ3) is 5.77. The van der Waals surface area contributed by atoms with E-state index in [1.165, 1.54) is 25.3 Å². The summed E-state index contributed by atoms with van der Waals surface area (Å²) in [5, 5.41) is 0. The van der Waals surface area contributed by atoms with Gasteiger partial charge in [-0.3, -0.25) is 9.59 Å². The molecule has 1 fully saturated rings. The summed E-state index contributed by atoms with van der Waals surface area (Å²) in [5.41, 5.74) is 0.605. The number of nitrogens with zero attached hydrogens (tertiary/aromatic N) is 1. The number of amides is 1. The van der Waals surface area contributed by atoms with E-state index in [1.807, 2.05) is 0 Å². The van der Waals surface area contributed by atoms with E-state index in [4.69, 9.17) is 4.74 Å². The Hall–Kier alpha value is -2.21. The Balaban J connectivity index is 2.00. The molecule has 1 aliphatic rings. The van der Waals surface area contributed by atoms with Gasteiger partial charge < -0.3 is 14.4 Å². The van der Waals surface area contributed by atoms with Crippen LogP contribution in [0.4, 0.5) is 4.39 Å². The fourth-order valence-electron chi connectivity index (χ4n) is 2.54. The van der Waals surface area contributed by atoms with Crippen molar-refractivity contribution in [3.8, 4) is 0 Å². The summed E-state index contributed by atoms with van der Waals surface area (Å²) < 4.78 is 23.4. The first kappa shape index (κ1) is 18.1. The SMILES string of the molecule is COC(=O)CCN(CC1CCCO1)C(=O)C=Cc1cccc(F)c1. The van der Waals surface area contributed by atoms with Crippen LogP contribution in [0, 0.1) is 5.82 Å². The summed E-state index contributed by atoms with van der Waals surface area (Å²) in [4.78, 5) is 25.3. The topological polar surface area (TPSA) is 55.8 Å². The molecule has 0 spiro atoms. The second-order valence-corrected chi connectivity index (χ2v) is 5.63. The number of ether oxygens (including phenoxy) is 2. The standard InChI is InChI=1S/C18H22FNO4/c1-23-18(22)9-10-20(13-16-6-3-11-24-16)17(21)8-7-14-4-2-5-15(19)12-14/h2,4-5,7-8,12,16H,3,6,9-11,13H2,1H3. The van der Waals surface area contributed by atoms with Crippen LogP contribution >= 0.6 is 0 Å². The van der Waals surface area contributed by atoms with Crippen molar-refractivity contribution >= 4 is 18.0 Å². The molecule has 1 saturated heterocycles. The van der Waals surface area contributed by atoms with E-state index in [0.29, 0.717) is 18.7 Å². The van der Waals surface area contributed by atoms with Crippen molar-refractivity contribution in [2.75, 3.05) is 26.8 Å². The van der Waals surface area contributed by atoms with E-state index in [2.05, 4.69) is 4.74 Å². The van der Waals surface area contributed by atoms with Crippen LogP contribution in [0.3, 0.4) is 0 Å². The van der Waals surface area contributed by atoms with Gasteiger partial charge in [-0.1, -0.05) is 12.1 Å². The molecule has 24 heavy (non-hydrogen) atoms. The van der Waals surface area contributed by atoms with Crippen molar-refractivity contribution in [3.05, 3.63) is 41.7 Å². The van der Waals surface area contributed by atoms with Crippen LogP contribution in [0.5, 0.6) is 0 Å². The zero-order valence-corrected chi connectivity index (χ0v) is 13.7. The Morgan fingerprint density at radius 3 is 2.96 bits per heavy atom. The summed E-state index contributed by atoms with van der Waals surface area (Å²) >= 11 is 0. The van der Waals surface area contributed by atoms with E-state index in [-0.39, 0.29) is 36.8 Å². The number of hydrogen-bond acceptors (Lipinski definition) is 4. The average Bonchev–Trinajstić information content (AvgIpc) is 3.09. The van der Waals surface area contributed by atoms with E-state index < -0.39 is 0 Å². The maximum absolute atomic E-state index is 13.2. The fraction of sp³-hybridized carbons (Fsp3) is 0.444. The van der Waals surface area contributed by atoms with Crippen LogP contribution in [0.2, 0.25) is 0 Å². The highest BCUT2D eigenvalue weighted by Crippen LogP contribution is 2.14. The highest BCUT2D eigenvalue weighted by atomic mass is 19.1. The molecular formula is C18H22FNO4. The fourth-order valence-corrected chi connectivity index (χ4v) is 2.54. The van der Waals surface area contributed by atoms with Crippen molar-refractivity contribution < 1.29 is 23.5 Å². The first-order chi connectivity index (χ1) is 11.6. The molecule has 1 aromatic rings. The van der Waals surface area contributed by atoms with Crippen LogP contribution < -0.4 is 0 Å². The van der Waals surface area contributed by atoms with Gasteiger partial charge in [0.25, 0.3) is 0 Å². The second-order valence-electron chi connectivity index (χ2n) is 5.63. The minimum absolute atomic E-state index is 0.00540. The lowest BCUT2D eigenvalue weighted by atomic mass is 10.2. The Morgan fingerprint density at radius 1 is 1.46 bits per heavy atom. The third-order valence-corrected chi connectivity index (χ3v) is 3.84. The zero-order chi connectivity index (χ0) is 17.4. The van der Waals surface area contributed by atoms with Gasteiger partial charge in [0.05, 0.1) is 19.6 Å². The van der Waals surface area contributed by atoms with Crippen molar-refractivity contribution in [1.29, 1.82) is 0 Å². The molecule has 1 unspecified atom stereocenters. The van der Waals surface area contributed by atoms with Gasteiger partial charge in [0.1, 0.15) is 5.82 Å². The predicted molar refractivity (Wildman–Crippen MR) is 87.6 cm³/mol.